The van der Waals surface area contributed by atoms with Gasteiger partial charge in [-0.05, 0) is 25.1 Å². The van der Waals surface area contributed by atoms with Crippen LogP contribution in [0.4, 0.5) is 26.3 Å². The molecule has 2 rings (SSSR count). The summed E-state index contributed by atoms with van der Waals surface area (Å²) in [5, 5.41) is 9.95. The molecule has 0 aliphatic carbocycles. The summed E-state index contributed by atoms with van der Waals surface area (Å²) in [6.45, 7) is -0.594. The first-order valence-electron chi connectivity index (χ1n) is 8.68. The summed E-state index contributed by atoms with van der Waals surface area (Å²) in [4.78, 5) is 14.4. The zero-order valence-electron chi connectivity index (χ0n) is 15.5. The minimum absolute atomic E-state index is 0.0538. The van der Waals surface area contributed by atoms with Gasteiger partial charge in [-0.3, -0.25) is 15.5 Å². The van der Waals surface area contributed by atoms with E-state index in [0.717, 1.165) is 11.9 Å². The summed E-state index contributed by atoms with van der Waals surface area (Å²) in [7, 11) is 1.12. The summed E-state index contributed by atoms with van der Waals surface area (Å²) in [6.07, 6.45) is -7.15. The molecule has 0 radical (unpaired) electrons. The standard InChI is InChI=1S/C17H21F6N5O/c1-26-16(17(21,22)23)28-3-2-27(8-14(28)25)15(29)6-10(24)4-9-5-12(19)13(20)7-11(9)18/h5,7,10,16,25-26H,2-4,6,8,24H2,1H3. The number of amidine groups is 1. The largest absolute Gasteiger partial charge is 0.422 e. The fourth-order valence-electron chi connectivity index (χ4n) is 3.14. The van der Waals surface area contributed by atoms with Gasteiger partial charge in [0.25, 0.3) is 0 Å². The third-order valence-electron chi connectivity index (χ3n) is 4.55. The Morgan fingerprint density at radius 2 is 1.83 bits per heavy atom. The number of hydrogen-bond acceptors (Lipinski definition) is 4. The van der Waals surface area contributed by atoms with Crippen molar-refractivity contribution in [2.45, 2.75) is 31.2 Å². The Balaban J connectivity index is 1.95. The molecule has 6 nitrogen and oxygen atoms in total. The zero-order valence-corrected chi connectivity index (χ0v) is 15.5. The highest BCUT2D eigenvalue weighted by Crippen LogP contribution is 2.24. The number of nitrogens with two attached hydrogens (primary N) is 1. The van der Waals surface area contributed by atoms with Crippen LogP contribution in [0.25, 0.3) is 0 Å². The van der Waals surface area contributed by atoms with Gasteiger partial charge in [-0.2, -0.15) is 13.2 Å². The second-order valence-corrected chi connectivity index (χ2v) is 6.71. The van der Waals surface area contributed by atoms with Gasteiger partial charge in [-0.25, -0.2) is 13.2 Å². The molecule has 12 heteroatoms. The van der Waals surface area contributed by atoms with Gasteiger partial charge in [-0.1, -0.05) is 0 Å². The first kappa shape index (κ1) is 22.9. The van der Waals surface area contributed by atoms with Gasteiger partial charge < -0.3 is 15.5 Å². The van der Waals surface area contributed by atoms with E-state index < -0.39 is 41.7 Å². The molecule has 1 aromatic carbocycles. The average molecular weight is 425 g/mol. The van der Waals surface area contributed by atoms with Crippen LogP contribution >= 0.6 is 0 Å². The van der Waals surface area contributed by atoms with E-state index in [1.165, 1.54) is 4.90 Å². The zero-order chi connectivity index (χ0) is 21.9. The molecule has 0 spiro atoms. The molecule has 0 aromatic heterocycles. The number of hydrogen-bond donors (Lipinski definition) is 3. The Hall–Kier alpha value is -2.34. The van der Waals surface area contributed by atoms with E-state index in [2.05, 4.69) is 5.32 Å². The van der Waals surface area contributed by atoms with Crippen molar-refractivity contribution >= 4 is 11.7 Å². The van der Waals surface area contributed by atoms with Crippen LogP contribution in [0.1, 0.15) is 12.0 Å². The summed E-state index contributed by atoms with van der Waals surface area (Å²) < 4.78 is 79.0. The lowest BCUT2D eigenvalue weighted by atomic mass is 10.0. The van der Waals surface area contributed by atoms with Crippen LogP contribution in [0.15, 0.2) is 12.1 Å². The number of carbonyl (C=O) groups excluding carboxylic acids is 1. The van der Waals surface area contributed by atoms with E-state index in [1.807, 2.05) is 0 Å². The lowest BCUT2D eigenvalue weighted by molar-refractivity contribution is -0.182. The van der Waals surface area contributed by atoms with Crippen molar-refractivity contribution in [2.24, 2.45) is 5.73 Å². The quantitative estimate of drug-likeness (QED) is 0.478. The summed E-state index contributed by atoms with van der Waals surface area (Å²) in [5.74, 6) is -4.49. The van der Waals surface area contributed by atoms with E-state index >= 15 is 0 Å². The van der Waals surface area contributed by atoms with Crippen LogP contribution < -0.4 is 11.1 Å². The summed E-state index contributed by atoms with van der Waals surface area (Å²) >= 11 is 0. The minimum Gasteiger partial charge on any atom is -0.334 e. The fraction of sp³-hybridized carbons (Fsp3) is 0.529. The van der Waals surface area contributed by atoms with Crippen LogP contribution in [0.5, 0.6) is 0 Å². The van der Waals surface area contributed by atoms with Gasteiger partial charge in [0.05, 0.1) is 6.54 Å². The first-order chi connectivity index (χ1) is 13.4. The highest BCUT2D eigenvalue weighted by molar-refractivity contribution is 5.88. The summed E-state index contributed by atoms with van der Waals surface area (Å²) in [6, 6.07) is 0.131. The molecule has 1 aliphatic rings. The minimum atomic E-state index is -4.59. The number of benzene rings is 1. The van der Waals surface area contributed by atoms with Crippen LogP contribution in [0.2, 0.25) is 0 Å². The number of piperazine rings is 1. The molecule has 2 atom stereocenters. The highest BCUT2D eigenvalue weighted by atomic mass is 19.4. The number of halogens is 6. The smallest absolute Gasteiger partial charge is 0.334 e. The number of nitrogens with zero attached hydrogens (tertiary/aromatic N) is 2. The van der Waals surface area contributed by atoms with Crippen molar-refractivity contribution in [1.29, 1.82) is 5.41 Å². The number of amides is 1. The molecule has 1 amide bonds. The van der Waals surface area contributed by atoms with E-state index in [9.17, 15) is 31.1 Å². The maximum Gasteiger partial charge on any atom is 0.422 e. The van der Waals surface area contributed by atoms with Gasteiger partial charge in [0.2, 0.25) is 5.91 Å². The van der Waals surface area contributed by atoms with Gasteiger partial charge in [0, 0.05) is 31.6 Å². The van der Waals surface area contributed by atoms with Crippen molar-refractivity contribution in [3.05, 3.63) is 35.1 Å². The Labute approximate surface area is 163 Å². The van der Waals surface area contributed by atoms with Crippen LogP contribution in [0, 0.1) is 22.9 Å². The van der Waals surface area contributed by atoms with Crippen LogP contribution in [-0.2, 0) is 11.2 Å². The monoisotopic (exact) mass is 425 g/mol. The molecule has 0 bridgehead atoms. The number of nitrogens with one attached hydrogen (secondary N) is 2. The van der Waals surface area contributed by atoms with E-state index in [4.69, 9.17) is 11.1 Å². The van der Waals surface area contributed by atoms with Crippen molar-refractivity contribution in [1.82, 2.24) is 15.1 Å². The second-order valence-electron chi connectivity index (χ2n) is 6.71. The van der Waals surface area contributed by atoms with E-state index in [1.54, 1.807) is 0 Å². The first-order valence-corrected chi connectivity index (χ1v) is 8.68. The normalized spacial score (nSPS) is 17.4. The molecule has 1 aromatic rings. The Kier molecular flexibility index (Phi) is 7.11. The summed E-state index contributed by atoms with van der Waals surface area (Å²) in [5.41, 5.74) is 5.61. The number of carbonyl (C=O) groups is 1. The molecular weight excluding hydrogens is 404 g/mol. The molecule has 1 saturated heterocycles. The fourth-order valence-corrected chi connectivity index (χ4v) is 3.14. The molecular formula is C17H21F6N5O. The van der Waals surface area contributed by atoms with Crippen LogP contribution in [-0.4, -0.2) is 66.6 Å². The third-order valence-corrected chi connectivity index (χ3v) is 4.55. The van der Waals surface area contributed by atoms with Crippen molar-refractivity contribution < 1.29 is 31.1 Å². The lowest BCUT2D eigenvalue weighted by Gasteiger charge is -2.41. The Morgan fingerprint density at radius 3 is 2.38 bits per heavy atom. The Morgan fingerprint density at radius 1 is 1.21 bits per heavy atom. The third kappa shape index (κ3) is 5.60. The molecule has 0 saturated carbocycles. The highest BCUT2D eigenvalue weighted by Gasteiger charge is 2.45. The van der Waals surface area contributed by atoms with Crippen molar-refractivity contribution in [2.75, 3.05) is 26.7 Å². The van der Waals surface area contributed by atoms with Crippen LogP contribution in [0.3, 0.4) is 0 Å². The molecule has 4 N–H and O–H groups in total. The predicted octanol–water partition coefficient (Wildman–Crippen LogP) is 1.59. The second kappa shape index (κ2) is 8.99. The molecule has 162 valence electrons. The number of alkyl halides is 3. The molecule has 29 heavy (non-hydrogen) atoms. The van der Waals surface area contributed by atoms with Gasteiger partial charge in [0.15, 0.2) is 17.8 Å². The van der Waals surface area contributed by atoms with E-state index in [0.29, 0.717) is 12.1 Å². The Bertz CT molecular complexity index is 771. The van der Waals surface area contributed by atoms with Crippen molar-refractivity contribution in [3.63, 3.8) is 0 Å². The van der Waals surface area contributed by atoms with E-state index in [-0.39, 0.29) is 43.9 Å². The SMILES string of the molecule is CNC(N1CCN(C(=O)CC(N)Cc2cc(F)c(F)cc2F)CC1=N)C(F)(F)F. The lowest BCUT2D eigenvalue weighted by Crippen LogP contribution is -2.62. The predicted molar refractivity (Wildman–Crippen MR) is 92.5 cm³/mol. The van der Waals surface area contributed by atoms with Gasteiger partial charge >= 0.3 is 6.18 Å². The molecule has 1 aliphatic heterocycles. The maximum absolute atomic E-state index is 13.7. The molecule has 1 heterocycles. The maximum atomic E-state index is 13.7. The van der Waals surface area contributed by atoms with Gasteiger partial charge in [0.1, 0.15) is 11.7 Å². The average Bonchev–Trinajstić information content (AvgIpc) is 2.60. The van der Waals surface area contributed by atoms with Gasteiger partial charge in [-0.15, -0.1) is 0 Å². The topological polar surface area (TPSA) is 85.4 Å². The van der Waals surface area contributed by atoms with Crippen molar-refractivity contribution in [3.8, 4) is 0 Å². The molecule has 1 fully saturated rings. The number of rotatable bonds is 6. The molecule has 2 unspecified atom stereocenters.